The van der Waals surface area contributed by atoms with Crippen molar-refractivity contribution in [2.75, 3.05) is 20.0 Å². The van der Waals surface area contributed by atoms with Crippen LogP contribution in [0.1, 0.15) is 10.9 Å². The Kier molecular flexibility index (Phi) is 5.96. The van der Waals surface area contributed by atoms with Crippen LogP contribution in [0.25, 0.3) is 0 Å². The molecule has 0 spiro atoms. The standard InChI is InChI=1S/C15H14N2O4S2/c1-20-10-5-3-9(4-6-10)14-17-13(19)11(7-16)15(23-14)22-8-12(18)21-2/h3-6,14H,8H2,1-2H3,(H,17,19)/t14-/m0/s1. The summed E-state index contributed by atoms with van der Waals surface area (Å²) in [5.74, 6) is -0.0895. The van der Waals surface area contributed by atoms with Crippen LogP contribution in [0.15, 0.2) is 34.1 Å². The number of nitrogens with zero attached hydrogens (tertiary/aromatic N) is 1. The van der Waals surface area contributed by atoms with E-state index in [1.807, 2.05) is 18.2 Å². The van der Waals surface area contributed by atoms with Crippen molar-refractivity contribution in [1.82, 2.24) is 5.32 Å². The lowest BCUT2D eigenvalue weighted by molar-refractivity contribution is -0.137. The van der Waals surface area contributed by atoms with Gasteiger partial charge in [0.05, 0.1) is 24.2 Å². The van der Waals surface area contributed by atoms with Crippen molar-refractivity contribution in [3.8, 4) is 11.8 Å². The lowest BCUT2D eigenvalue weighted by Crippen LogP contribution is -2.31. The molecule has 1 N–H and O–H groups in total. The number of hydrogen-bond donors (Lipinski definition) is 1. The Labute approximate surface area is 142 Å². The van der Waals surface area contributed by atoms with E-state index in [1.54, 1.807) is 19.2 Å². The van der Waals surface area contributed by atoms with E-state index in [2.05, 4.69) is 10.1 Å². The van der Waals surface area contributed by atoms with E-state index in [1.165, 1.54) is 18.9 Å². The second-order valence-corrected chi connectivity index (χ2v) is 6.74. The summed E-state index contributed by atoms with van der Waals surface area (Å²) in [4.78, 5) is 23.4. The molecule has 2 rings (SSSR count). The van der Waals surface area contributed by atoms with Crippen molar-refractivity contribution >= 4 is 35.4 Å². The highest BCUT2D eigenvalue weighted by Gasteiger charge is 2.29. The minimum Gasteiger partial charge on any atom is -0.497 e. The van der Waals surface area contributed by atoms with E-state index < -0.39 is 11.9 Å². The third kappa shape index (κ3) is 4.21. The fraction of sp³-hybridized carbons (Fsp3) is 0.267. The van der Waals surface area contributed by atoms with Gasteiger partial charge in [-0.25, -0.2) is 0 Å². The van der Waals surface area contributed by atoms with E-state index in [9.17, 15) is 9.59 Å². The molecule has 0 saturated heterocycles. The number of thioether (sulfide) groups is 2. The molecule has 0 aliphatic carbocycles. The Morgan fingerprint density at radius 3 is 2.65 bits per heavy atom. The van der Waals surface area contributed by atoms with Crippen LogP contribution in [0.5, 0.6) is 5.75 Å². The molecule has 1 heterocycles. The lowest BCUT2D eigenvalue weighted by Gasteiger charge is -2.25. The molecule has 0 bridgehead atoms. The zero-order chi connectivity index (χ0) is 16.8. The molecule has 8 heteroatoms. The Balaban J connectivity index is 2.20. The molecule has 1 atom stereocenters. The van der Waals surface area contributed by atoms with Crippen LogP contribution in [-0.2, 0) is 14.3 Å². The Morgan fingerprint density at radius 2 is 2.09 bits per heavy atom. The molecule has 0 fully saturated rings. The van der Waals surface area contributed by atoms with Gasteiger partial charge in [0.15, 0.2) is 0 Å². The summed E-state index contributed by atoms with van der Waals surface area (Å²) in [6.07, 6.45) is 0. The third-order valence-corrected chi connectivity index (χ3v) is 5.53. The Morgan fingerprint density at radius 1 is 1.39 bits per heavy atom. The predicted octanol–water partition coefficient (Wildman–Crippen LogP) is 2.20. The molecular weight excluding hydrogens is 336 g/mol. The quantitative estimate of drug-likeness (QED) is 0.814. The number of carbonyl (C=O) groups excluding carboxylic acids is 2. The molecular formula is C15H14N2O4S2. The first-order valence-electron chi connectivity index (χ1n) is 6.54. The van der Waals surface area contributed by atoms with Crippen LogP contribution in [-0.4, -0.2) is 31.8 Å². The van der Waals surface area contributed by atoms with Gasteiger partial charge in [0.25, 0.3) is 5.91 Å². The smallest absolute Gasteiger partial charge is 0.316 e. The molecule has 1 aromatic rings. The van der Waals surface area contributed by atoms with Crippen molar-refractivity contribution in [3.05, 3.63) is 39.6 Å². The zero-order valence-electron chi connectivity index (χ0n) is 12.5. The van der Waals surface area contributed by atoms with E-state index in [0.717, 1.165) is 23.1 Å². The van der Waals surface area contributed by atoms with Gasteiger partial charge in [-0.15, -0.1) is 11.8 Å². The number of nitrogens with one attached hydrogen (secondary N) is 1. The summed E-state index contributed by atoms with van der Waals surface area (Å²) in [6, 6.07) is 9.17. The minimum atomic E-state index is -0.445. The summed E-state index contributed by atoms with van der Waals surface area (Å²) in [5, 5.41) is 11.6. The fourth-order valence-electron chi connectivity index (χ4n) is 1.80. The van der Waals surface area contributed by atoms with Crippen molar-refractivity contribution in [2.45, 2.75) is 5.37 Å². The van der Waals surface area contributed by atoms with Crippen LogP contribution < -0.4 is 10.1 Å². The molecule has 6 nitrogen and oxygen atoms in total. The summed E-state index contributed by atoms with van der Waals surface area (Å²) in [5.41, 5.74) is 0.894. The lowest BCUT2D eigenvalue weighted by atomic mass is 10.2. The number of methoxy groups -OCH3 is 2. The molecule has 23 heavy (non-hydrogen) atoms. The van der Waals surface area contributed by atoms with Gasteiger partial charge in [-0.2, -0.15) is 5.26 Å². The minimum absolute atomic E-state index is 0.0219. The second kappa shape index (κ2) is 7.94. The van der Waals surface area contributed by atoms with Gasteiger partial charge in [-0.05, 0) is 17.7 Å². The summed E-state index contributed by atoms with van der Waals surface area (Å²) >= 11 is 2.46. The molecule has 120 valence electrons. The van der Waals surface area contributed by atoms with E-state index in [4.69, 9.17) is 10.00 Å². The summed E-state index contributed by atoms with van der Waals surface area (Å²) < 4.78 is 10.2. The SMILES string of the molecule is COC(=O)CSC1=C(C#N)C(=O)N[C@H](c2ccc(OC)cc2)S1. The molecule has 1 amide bonds. The molecule has 0 aromatic heterocycles. The van der Waals surface area contributed by atoms with Crippen molar-refractivity contribution < 1.29 is 19.1 Å². The topological polar surface area (TPSA) is 88.4 Å². The van der Waals surface area contributed by atoms with Crippen molar-refractivity contribution in [1.29, 1.82) is 5.26 Å². The van der Waals surface area contributed by atoms with Gasteiger partial charge in [0.2, 0.25) is 0 Å². The monoisotopic (exact) mass is 350 g/mol. The highest BCUT2D eigenvalue weighted by molar-refractivity contribution is 8.22. The normalized spacial score (nSPS) is 17.3. The van der Waals surface area contributed by atoms with Crippen molar-refractivity contribution in [2.24, 2.45) is 0 Å². The van der Waals surface area contributed by atoms with Crippen LogP contribution in [0.4, 0.5) is 0 Å². The van der Waals surface area contributed by atoms with Gasteiger partial charge < -0.3 is 14.8 Å². The Hall–Kier alpha value is -2.11. The van der Waals surface area contributed by atoms with Crippen molar-refractivity contribution in [3.63, 3.8) is 0 Å². The van der Waals surface area contributed by atoms with E-state index in [-0.39, 0.29) is 16.7 Å². The summed E-state index contributed by atoms with van der Waals surface area (Å²) in [7, 11) is 2.87. The molecule has 0 radical (unpaired) electrons. The third-order valence-electron chi connectivity index (χ3n) is 3.00. The number of carbonyl (C=O) groups is 2. The molecule has 1 aliphatic heterocycles. The first-order valence-corrected chi connectivity index (χ1v) is 8.41. The van der Waals surface area contributed by atoms with Crippen LogP contribution >= 0.6 is 23.5 Å². The maximum Gasteiger partial charge on any atom is 0.316 e. The highest BCUT2D eigenvalue weighted by atomic mass is 32.2. The number of hydrogen-bond acceptors (Lipinski definition) is 7. The maximum absolute atomic E-state index is 12.1. The zero-order valence-corrected chi connectivity index (χ0v) is 14.1. The Bertz CT molecular complexity index is 680. The van der Waals surface area contributed by atoms with Gasteiger partial charge in [-0.3, -0.25) is 9.59 Å². The number of rotatable bonds is 5. The fourth-order valence-corrected chi connectivity index (χ4v) is 4.11. The maximum atomic E-state index is 12.1. The number of ether oxygens (including phenoxy) is 2. The number of esters is 1. The summed E-state index contributed by atoms with van der Waals surface area (Å²) in [6.45, 7) is 0. The molecule has 1 aliphatic rings. The second-order valence-electron chi connectivity index (χ2n) is 4.38. The molecule has 0 unspecified atom stereocenters. The van der Waals surface area contributed by atoms with Gasteiger partial charge in [-0.1, -0.05) is 23.9 Å². The van der Waals surface area contributed by atoms with Gasteiger partial charge in [0.1, 0.15) is 22.8 Å². The largest absolute Gasteiger partial charge is 0.497 e. The first kappa shape index (κ1) is 17.2. The van der Waals surface area contributed by atoms with Gasteiger partial charge >= 0.3 is 5.97 Å². The van der Waals surface area contributed by atoms with Crippen LogP contribution in [0.2, 0.25) is 0 Å². The average Bonchev–Trinajstić information content (AvgIpc) is 2.59. The van der Waals surface area contributed by atoms with Gasteiger partial charge in [0, 0.05) is 0 Å². The van der Waals surface area contributed by atoms with E-state index >= 15 is 0 Å². The average molecular weight is 350 g/mol. The molecule has 0 saturated carbocycles. The molecule has 1 aromatic carbocycles. The number of nitriles is 1. The van der Waals surface area contributed by atoms with E-state index in [0.29, 0.717) is 4.24 Å². The number of amides is 1. The first-order chi connectivity index (χ1) is 11.1. The van der Waals surface area contributed by atoms with Crippen LogP contribution in [0.3, 0.4) is 0 Å². The number of benzene rings is 1. The predicted molar refractivity (Wildman–Crippen MR) is 88.6 cm³/mol. The van der Waals surface area contributed by atoms with Crippen LogP contribution in [0, 0.1) is 11.3 Å². The highest BCUT2D eigenvalue weighted by Crippen LogP contribution is 2.43.